The zero-order valence-electron chi connectivity index (χ0n) is 15.3. The van der Waals surface area contributed by atoms with Crippen molar-refractivity contribution < 1.29 is 27.2 Å². The highest BCUT2D eigenvalue weighted by Crippen LogP contribution is 2.30. The molecule has 1 unspecified atom stereocenters. The third-order valence-electron chi connectivity index (χ3n) is 5.20. The average Bonchev–Trinajstić information content (AvgIpc) is 3.28. The van der Waals surface area contributed by atoms with E-state index in [-0.39, 0.29) is 28.9 Å². The lowest BCUT2D eigenvalue weighted by Crippen LogP contribution is -2.47. The molecule has 2 N–H and O–H groups in total. The van der Waals surface area contributed by atoms with Crippen LogP contribution in [0, 0.1) is 5.92 Å². The van der Waals surface area contributed by atoms with Gasteiger partial charge < -0.3 is 20.0 Å². The number of amides is 2. The number of rotatable bonds is 4. The topological polar surface area (TPSA) is 87.5 Å². The van der Waals surface area contributed by atoms with Gasteiger partial charge in [0.2, 0.25) is 0 Å². The van der Waals surface area contributed by atoms with Crippen molar-refractivity contribution in [2.24, 2.45) is 5.92 Å². The first-order chi connectivity index (χ1) is 13.8. The number of hydrogen-bond acceptors (Lipinski definition) is 5. The maximum atomic E-state index is 12.6. The van der Waals surface area contributed by atoms with Crippen molar-refractivity contribution >= 4 is 17.5 Å². The number of piperidine rings is 1. The summed E-state index contributed by atoms with van der Waals surface area (Å²) in [6, 6.07) is 5.85. The number of aromatic nitrogens is 1. The first-order valence-electron chi connectivity index (χ1n) is 9.26. The van der Waals surface area contributed by atoms with Crippen molar-refractivity contribution in [3.05, 3.63) is 36.4 Å². The molecule has 2 saturated heterocycles. The van der Waals surface area contributed by atoms with E-state index in [0.717, 1.165) is 32.5 Å². The third kappa shape index (κ3) is 4.26. The summed E-state index contributed by atoms with van der Waals surface area (Å²) in [6.45, 7) is 2.89. The SMILES string of the molecule is O=C(N[C@@H]1C[C@H]2CCN(C2)C1)c1ncc(-c2ccccc2NC(=O)C(F)(F)F)o1. The van der Waals surface area contributed by atoms with Crippen molar-refractivity contribution in [3.63, 3.8) is 0 Å². The zero-order chi connectivity index (χ0) is 20.6. The molecule has 10 heteroatoms. The van der Waals surface area contributed by atoms with E-state index in [2.05, 4.69) is 15.2 Å². The van der Waals surface area contributed by atoms with Crippen molar-refractivity contribution in [2.75, 3.05) is 25.0 Å². The molecule has 2 bridgehead atoms. The molecule has 154 valence electrons. The summed E-state index contributed by atoms with van der Waals surface area (Å²) < 4.78 is 43.2. The molecule has 0 radical (unpaired) electrons. The number of carbonyl (C=O) groups is 2. The fraction of sp³-hybridized carbons (Fsp3) is 0.421. The van der Waals surface area contributed by atoms with Crippen molar-refractivity contribution in [3.8, 4) is 11.3 Å². The molecule has 2 amide bonds. The van der Waals surface area contributed by atoms with Gasteiger partial charge in [0, 0.05) is 24.7 Å². The van der Waals surface area contributed by atoms with Gasteiger partial charge in [-0.25, -0.2) is 4.98 Å². The average molecular weight is 408 g/mol. The van der Waals surface area contributed by atoms with Crippen LogP contribution < -0.4 is 10.6 Å². The molecule has 0 saturated carbocycles. The first kappa shape index (κ1) is 19.4. The summed E-state index contributed by atoms with van der Waals surface area (Å²) in [5, 5.41) is 4.72. The first-order valence-corrected chi connectivity index (χ1v) is 9.26. The Labute approximate surface area is 164 Å². The number of anilines is 1. The van der Waals surface area contributed by atoms with E-state index in [9.17, 15) is 22.8 Å². The third-order valence-corrected chi connectivity index (χ3v) is 5.20. The molecule has 29 heavy (non-hydrogen) atoms. The molecule has 1 aromatic heterocycles. The van der Waals surface area contributed by atoms with Gasteiger partial charge >= 0.3 is 18.0 Å². The van der Waals surface area contributed by atoms with E-state index >= 15 is 0 Å². The summed E-state index contributed by atoms with van der Waals surface area (Å²) >= 11 is 0. The quantitative estimate of drug-likeness (QED) is 0.812. The Morgan fingerprint density at radius 3 is 2.76 bits per heavy atom. The molecule has 2 aromatic rings. The minimum atomic E-state index is -5.02. The number of carbonyl (C=O) groups excluding carboxylic acids is 2. The zero-order valence-corrected chi connectivity index (χ0v) is 15.3. The maximum absolute atomic E-state index is 12.6. The Bertz CT molecular complexity index is 915. The number of fused-ring (bicyclic) bond motifs is 2. The van der Waals surface area contributed by atoms with Crippen molar-refractivity contribution in [1.29, 1.82) is 0 Å². The lowest BCUT2D eigenvalue weighted by Gasteiger charge is -2.30. The Morgan fingerprint density at radius 2 is 2.00 bits per heavy atom. The summed E-state index contributed by atoms with van der Waals surface area (Å²) in [6.07, 6.45) is -1.73. The molecule has 1 aromatic carbocycles. The summed E-state index contributed by atoms with van der Waals surface area (Å²) in [5.74, 6) is -2.08. The van der Waals surface area contributed by atoms with Crippen LogP contribution in [0.1, 0.15) is 23.5 Å². The molecule has 3 heterocycles. The lowest BCUT2D eigenvalue weighted by molar-refractivity contribution is -0.167. The van der Waals surface area contributed by atoms with Crippen LogP contribution in [-0.2, 0) is 4.79 Å². The minimum absolute atomic E-state index is 0.0115. The van der Waals surface area contributed by atoms with Crippen LogP contribution in [0.15, 0.2) is 34.9 Å². The lowest BCUT2D eigenvalue weighted by atomic mass is 9.97. The van der Waals surface area contributed by atoms with Gasteiger partial charge in [-0.2, -0.15) is 13.2 Å². The number of halogens is 3. The van der Waals surface area contributed by atoms with Crippen LogP contribution in [0.3, 0.4) is 0 Å². The van der Waals surface area contributed by atoms with Gasteiger partial charge in [-0.15, -0.1) is 0 Å². The molecule has 0 spiro atoms. The molecule has 4 rings (SSSR count). The highest BCUT2D eigenvalue weighted by atomic mass is 19.4. The van der Waals surface area contributed by atoms with Crippen LogP contribution in [0.25, 0.3) is 11.3 Å². The summed E-state index contributed by atoms with van der Waals surface area (Å²) in [7, 11) is 0. The number of hydrogen-bond donors (Lipinski definition) is 2. The second kappa shape index (κ2) is 7.51. The Hall–Kier alpha value is -2.88. The monoisotopic (exact) mass is 408 g/mol. The fourth-order valence-corrected chi connectivity index (χ4v) is 3.92. The second-order valence-electron chi connectivity index (χ2n) is 7.35. The van der Waals surface area contributed by atoms with Crippen LogP contribution in [0.5, 0.6) is 0 Å². The van der Waals surface area contributed by atoms with Crippen molar-refractivity contribution in [2.45, 2.75) is 25.1 Å². The van der Waals surface area contributed by atoms with E-state index < -0.39 is 18.0 Å². The van der Waals surface area contributed by atoms with Crippen LogP contribution in [0.2, 0.25) is 0 Å². The van der Waals surface area contributed by atoms with Crippen LogP contribution in [0.4, 0.5) is 18.9 Å². The summed E-state index contributed by atoms with van der Waals surface area (Å²) in [5.41, 5.74) is 0.105. The number of nitrogens with one attached hydrogen (secondary N) is 2. The van der Waals surface area contributed by atoms with E-state index in [1.165, 1.54) is 24.4 Å². The van der Waals surface area contributed by atoms with E-state index in [0.29, 0.717) is 5.92 Å². The maximum Gasteiger partial charge on any atom is 0.471 e. The fourth-order valence-electron chi connectivity index (χ4n) is 3.92. The smallest absolute Gasteiger partial charge is 0.432 e. The molecule has 2 aliphatic rings. The minimum Gasteiger partial charge on any atom is -0.432 e. The van der Waals surface area contributed by atoms with Gasteiger partial charge in [0.1, 0.15) is 0 Å². The number of alkyl halides is 3. The molecular formula is C19H19F3N4O3. The highest BCUT2D eigenvalue weighted by Gasteiger charge is 2.39. The van der Waals surface area contributed by atoms with Gasteiger partial charge in [0.25, 0.3) is 5.89 Å². The largest absolute Gasteiger partial charge is 0.471 e. The Morgan fingerprint density at radius 1 is 1.21 bits per heavy atom. The van der Waals surface area contributed by atoms with Gasteiger partial charge in [0.15, 0.2) is 5.76 Å². The summed E-state index contributed by atoms with van der Waals surface area (Å²) in [4.78, 5) is 30.0. The number of oxazole rings is 1. The van der Waals surface area contributed by atoms with Gasteiger partial charge in [-0.3, -0.25) is 9.59 Å². The van der Waals surface area contributed by atoms with Crippen LogP contribution >= 0.6 is 0 Å². The predicted molar refractivity (Wildman–Crippen MR) is 97.0 cm³/mol. The normalized spacial score (nSPS) is 23.6. The number of benzene rings is 1. The van der Waals surface area contributed by atoms with Gasteiger partial charge in [-0.1, -0.05) is 12.1 Å². The molecule has 7 nitrogen and oxygen atoms in total. The van der Waals surface area contributed by atoms with Gasteiger partial charge in [-0.05, 0) is 37.4 Å². The molecular weight excluding hydrogens is 389 g/mol. The number of nitrogens with zero attached hydrogens (tertiary/aromatic N) is 2. The van der Waals surface area contributed by atoms with Crippen molar-refractivity contribution in [1.82, 2.24) is 15.2 Å². The Kier molecular flexibility index (Phi) is 5.03. The predicted octanol–water partition coefficient (Wildman–Crippen LogP) is 2.67. The molecule has 2 aliphatic heterocycles. The van der Waals surface area contributed by atoms with Crippen LogP contribution in [-0.4, -0.2) is 53.6 Å². The molecule has 3 atom stereocenters. The van der Waals surface area contributed by atoms with E-state index in [4.69, 9.17) is 4.42 Å². The standard InChI is InChI=1S/C19H19F3N4O3/c20-19(21,22)18(28)25-14-4-2-1-3-13(14)15-8-23-17(29-15)16(27)24-12-7-11-5-6-26(9-11)10-12/h1-4,8,11-12H,5-7,9-10H2,(H,24,27)(H,25,28)/t11-,12-/m1/s1. The Balaban J connectivity index is 1.48. The highest BCUT2D eigenvalue weighted by molar-refractivity contribution is 5.98. The second-order valence-corrected chi connectivity index (χ2v) is 7.35. The van der Waals surface area contributed by atoms with E-state index in [1.807, 2.05) is 5.32 Å². The molecule has 0 aliphatic carbocycles. The molecule has 2 fully saturated rings. The van der Waals surface area contributed by atoms with Gasteiger partial charge in [0.05, 0.1) is 11.9 Å². The van der Waals surface area contributed by atoms with E-state index in [1.54, 1.807) is 6.07 Å². The number of para-hydroxylation sites is 1.